The summed E-state index contributed by atoms with van der Waals surface area (Å²) in [7, 11) is 0. The monoisotopic (exact) mass is 249 g/mol. The van der Waals surface area contributed by atoms with Gasteiger partial charge in [0, 0.05) is 17.8 Å². The topological polar surface area (TPSA) is 38.3 Å². The Morgan fingerprint density at radius 2 is 1.75 bits per heavy atom. The number of alkyl carbamates (subject to hydrolysis) is 1. The molecule has 0 bridgehead atoms. The van der Waals surface area contributed by atoms with Crippen molar-refractivity contribution in [3.63, 3.8) is 0 Å². The van der Waals surface area contributed by atoms with Gasteiger partial charge in [-0.1, -0.05) is 13.8 Å². The lowest BCUT2D eigenvalue weighted by molar-refractivity contribution is 0.0501. The molecule has 16 heavy (non-hydrogen) atoms. The number of carbonyl (C=O) groups excluding carboxylic acids is 1. The van der Waals surface area contributed by atoms with Gasteiger partial charge in [-0.3, -0.25) is 0 Å². The standard InChI is InChI=1S/C12H24ClNO2/c1-6-12(7-2,8-13)9-14-10(15)16-11(3,4)5/h6-9H2,1-5H3,(H,14,15). The first-order valence-corrected chi connectivity index (χ1v) is 6.35. The highest BCUT2D eigenvalue weighted by Crippen LogP contribution is 2.26. The Balaban J connectivity index is 4.17. The molecular formula is C12H24ClNO2. The summed E-state index contributed by atoms with van der Waals surface area (Å²) >= 11 is 5.95. The summed E-state index contributed by atoms with van der Waals surface area (Å²) in [5.41, 5.74) is -0.468. The summed E-state index contributed by atoms with van der Waals surface area (Å²) in [5.74, 6) is 0.551. The van der Waals surface area contributed by atoms with E-state index in [0.29, 0.717) is 12.4 Å². The van der Waals surface area contributed by atoms with Crippen LogP contribution in [0.4, 0.5) is 4.79 Å². The quantitative estimate of drug-likeness (QED) is 0.757. The first-order chi connectivity index (χ1) is 7.28. The molecular weight excluding hydrogens is 226 g/mol. The second-order valence-corrected chi connectivity index (χ2v) is 5.46. The zero-order chi connectivity index (χ0) is 12.8. The van der Waals surface area contributed by atoms with Crippen LogP contribution in [0.1, 0.15) is 47.5 Å². The predicted molar refractivity (Wildman–Crippen MR) is 68.0 cm³/mol. The van der Waals surface area contributed by atoms with Crippen LogP contribution in [0.2, 0.25) is 0 Å². The highest BCUT2D eigenvalue weighted by atomic mass is 35.5. The largest absolute Gasteiger partial charge is 0.444 e. The molecule has 1 amide bonds. The molecule has 0 saturated heterocycles. The van der Waals surface area contributed by atoms with Crippen LogP contribution in [0.25, 0.3) is 0 Å². The minimum absolute atomic E-state index is 0.0154. The predicted octanol–water partition coefficient (Wildman–Crippen LogP) is 3.56. The molecule has 0 rings (SSSR count). The van der Waals surface area contributed by atoms with Crippen LogP contribution in [0, 0.1) is 5.41 Å². The minimum atomic E-state index is -0.452. The summed E-state index contributed by atoms with van der Waals surface area (Å²) in [4.78, 5) is 11.5. The molecule has 0 aromatic carbocycles. The molecule has 0 aliphatic heterocycles. The zero-order valence-corrected chi connectivity index (χ0v) is 11.8. The van der Waals surface area contributed by atoms with Gasteiger partial charge >= 0.3 is 6.09 Å². The van der Waals surface area contributed by atoms with Crippen molar-refractivity contribution < 1.29 is 9.53 Å². The molecule has 0 aromatic heterocycles. The second-order valence-electron chi connectivity index (χ2n) is 5.20. The number of amides is 1. The average Bonchev–Trinajstić information content (AvgIpc) is 2.18. The lowest BCUT2D eigenvalue weighted by atomic mass is 9.84. The lowest BCUT2D eigenvalue weighted by Crippen LogP contribution is -2.40. The number of alkyl halides is 1. The Hall–Kier alpha value is -0.440. The number of carbonyl (C=O) groups is 1. The van der Waals surface area contributed by atoms with Gasteiger partial charge in [0.15, 0.2) is 0 Å². The molecule has 0 atom stereocenters. The van der Waals surface area contributed by atoms with E-state index < -0.39 is 5.60 Å². The van der Waals surface area contributed by atoms with Crippen LogP contribution in [-0.2, 0) is 4.74 Å². The first kappa shape index (κ1) is 15.6. The normalized spacial score (nSPS) is 12.4. The lowest BCUT2D eigenvalue weighted by Gasteiger charge is -2.30. The Kier molecular flexibility index (Phi) is 6.16. The van der Waals surface area contributed by atoms with Crippen LogP contribution in [0.15, 0.2) is 0 Å². The van der Waals surface area contributed by atoms with E-state index in [-0.39, 0.29) is 11.5 Å². The summed E-state index contributed by atoms with van der Waals surface area (Å²) in [5, 5.41) is 2.79. The highest BCUT2D eigenvalue weighted by Gasteiger charge is 2.26. The summed E-state index contributed by atoms with van der Waals surface area (Å²) in [6.07, 6.45) is 1.52. The number of hydrogen-bond donors (Lipinski definition) is 1. The fraction of sp³-hybridized carbons (Fsp3) is 0.917. The maximum atomic E-state index is 11.5. The molecule has 3 nitrogen and oxygen atoms in total. The molecule has 0 heterocycles. The highest BCUT2D eigenvalue weighted by molar-refractivity contribution is 6.18. The smallest absolute Gasteiger partial charge is 0.407 e. The maximum absolute atomic E-state index is 11.5. The van der Waals surface area contributed by atoms with Crippen LogP contribution >= 0.6 is 11.6 Å². The van der Waals surface area contributed by atoms with Crippen molar-refractivity contribution in [1.29, 1.82) is 0 Å². The number of nitrogens with one attached hydrogen (secondary N) is 1. The van der Waals surface area contributed by atoms with Crippen molar-refractivity contribution >= 4 is 17.7 Å². The van der Waals surface area contributed by atoms with Crippen LogP contribution in [0.5, 0.6) is 0 Å². The van der Waals surface area contributed by atoms with Crippen molar-refractivity contribution in [2.75, 3.05) is 12.4 Å². The van der Waals surface area contributed by atoms with E-state index in [0.717, 1.165) is 12.8 Å². The van der Waals surface area contributed by atoms with Gasteiger partial charge < -0.3 is 10.1 Å². The molecule has 0 aliphatic carbocycles. The summed E-state index contributed by atoms with van der Waals surface area (Å²) in [6, 6.07) is 0. The Morgan fingerprint density at radius 3 is 2.06 bits per heavy atom. The first-order valence-electron chi connectivity index (χ1n) is 5.81. The third-order valence-corrected chi connectivity index (χ3v) is 3.36. The second kappa shape index (κ2) is 6.33. The molecule has 0 unspecified atom stereocenters. The fourth-order valence-corrected chi connectivity index (χ4v) is 1.78. The van der Waals surface area contributed by atoms with Crippen molar-refractivity contribution in [2.45, 2.75) is 53.1 Å². The molecule has 0 spiro atoms. The molecule has 0 fully saturated rings. The molecule has 96 valence electrons. The molecule has 0 aromatic rings. The van der Waals surface area contributed by atoms with Crippen molar-refractivity contribution in [1.82, 2.24) is 5.32 Å². The van der Waals surface area contributed by atoms with Gasteiger partial charge in [-0.15, -0.1) is 11.6 Å². The van der Waals surface area contributed by atoms with E-state index in [4.69, 9.17) is 16.3 Å². The minimum Gasteiger partial charge on any atom is -0.444 e. The molecule has 0 radical (unpaired) electrons. The van der Waals surface area contributed by atoms with E-state index in [1.807, 2.05) is 20.8 Å². The van der Waals surface area contributed by atoms with Gasteiger partial charge in [0.25, 0.3) is 0 Å². The van der Waals surface area contributed by atoms with E-state index in [2.05, 4.69) is 19.2 Å². The van der Waals surface area contributed by atoms with Gasteiger partial charge in [0.05, 0.1) is 0 Å². The van der Waals surface area contributed by atoms with Crippen molar-refractivity contribution in [3.05, 3.63) is 0 Å². The Labute approximate surface area is 104 Å². The SMILES string of the molecule is CCC(CC)(CCl)CNC(=O)OC(C)(C)C. The third-order valence-electron chi connectivity index (χ3n) is 2.79. The van der Waals surface area contributed by atoms with Gasteiger partial charge in [-0.25, -0.2) is 4.79 Å². The Bertz CT molecular complexity index is 211. The summed E-state index contributed by atoms with van der Waals surface area (Å²) < 4.78 is 5.17. The average molecular weight is 250 g/mol. The van der Waals surface area contributed by atoms with Crippen LogP contribution in [0.3, 0.4) is 0 Å². The van der Waals surface area contributed by atoms with Crippen LogP contribution < -0.4 is 5.32 Å². The number of hydrogen-bond acceptors (Lipinski definition) is 2. The van der Waals surface area contributed by atoms with E-state index in [1.165, 1.54) is 0 Å². The maximum Gasteiger partial charge on any atom is 0.407 e. The zero-order valence-electron chi connectivity index (χ0n) is 11.0. The number of rotatable bonds is 5. The van der Waals surface area contributed by atoms with Gasteiger partial charge in [0.1, 0.15) is 5.60 Å². The molecule has 0 aliphatic rings. The summed E-state index contributed by atoms with van der Waals surface area (Å²) in [6.45, 7) is 10.3. The number of halogens is 1. The molecule has 0 saturated carbocycles. The van der Waals surface area contributed by atoms with Gasteiger partial charge in [0.2, 0.25) is 0 Å². The van der Waals surface area contributed by atoms with E-state index >= 15 is 0 Å². The third kappa shape index (κ3) is 5.59. The molecule has 1 N–H and O–H groups in total. The fourth-order valence-electron chi connectivity index (χ4n) is 1.31. The van der Waals surface area contributed by atoms with Crippen molar-refractivity contribution in [3.8, 4) is 0 Å². The van der Waals surface area contributed by atoms with E-state index in [9.17, 15) is 4.79 Å². The number of ether oxygens (including phenoxy) is 1. The van der Waals surface area contributed by atoms with Gasteiger partial charge in [-0.05, 0) is 33.6 Å². The Morgan fingerprint density at radius 1 is 1.25 bits per heavy atom. The van der Waals surface area contributed by atoms with E-state index in [1.54, 1.807) is 0 Å². The van der Waals surface area contributed by atoms with Crippen LogP contribution in [-0.4, -0.2) is 24.1 Å². The van der Waals surface area contributed by atoms with Crippen molar-refractivity contribution in [2.24, 2.45) is 5.41 Å². The van der Waals surface area contributed by atoms with Gasteiger partial charge in [-0.2, -0.15) is 0 Å². The molecule has 4 heteroatoms.